The standard InChI is InChI=1S/C13H15FO5/c1-17-13-11(15)10(14)9(19-13)7-18-12(16)8-5-3-2-4-6-8/h2-6,9-11,13,15H,7H2,1H3/t9?,10-,11+,13-/m0/s1. The van der Waals surface area contributed by atoms with Crippen molar-refractivity contribution < 1.29 is 28.5 Å². The van der Waals surface area contributed by atoms with Gasteiger partial charge in [0.25, 0.3) is 0 Å². The molecule has 0 saturated carbocycles. The smallest absolute Gasteiger partial charge is 0.338 e. The first-order chi connectivity index (χ1) is 9.13. The summed E-state index contributed by atoms with van der Waals surface area (Å²) in [6, 6.07) is 8.36. The molecule has 1 aliphatic rings. The van der Waals surface area contributed by atoms with Gasteiger partial charge in [-0.05, 0) is 12.1 Å². The van der Waals surface area contributed by atoms with Crippen LogP contribution in [0, 0.1) is 0 Å². The van der Waals surface area contributed by atoms with Crippen LogP contribution in [0.1, 0.15) is 10.4 Å². The second-order valence-electron chi connectivity index (χ2n) is 4.18. The van der Waals surface area contributed by atoms with E-state index in [0.717, 1.165) is 0 Å². The van der Waals surface area contributed by atoms with Crippen LogP contribution in [0.5, 0.6) is 0 Å². The van der Waals surface area contributed by atoms with Crippen LogP contribution in [-0.2, 0) is 14.2 Å². The van der Waals surface area contributed by atoms with Crippen LogP contribution in [0.4, 0.5) is 4.39 Å². The second-order valence-corrected chi connectivity index (χ2v) is 4.18. The van der Waals surface area contributed by atoms with Gasteiger partial charge in [-0.2, -0.15) is 0 Å². The molecule has 1 unspecified atom stereocenters. The molecule has 0 amide bonds. The number of ether oxygens (including phenoxy) is 3. The summed E-state index contributed by atoms with van der Waals surface area (Å²) in [6.07, 6.45) is -5.07. The summed E-state index contributed by atoms with van der Waals surface area (Å²) in [4.78, 5) is 11.6. The zero-order valence-corrected chi connectivity index (χ0v) is 10.4. The summed E-state index contributed by atoms with van der Waals surface area (Å²) in [5, 5.41) is 9.44. The number of alkyl halides is 1. The van der Waals surface area contributed by atoms with Gasteiger partial charge in [-0.3, -0.25) is 0 Å². The van der Waals surface area contributed by atoms with Crippen molar-refractivity contribution in [3.63, 3.8) is 0 Å². The number of halogens is 1. The molecule has 1 heterocycles. The van der Waals surface area contributed by atoms with Gasteiger partial charge in [-0.1, -0.05) is 18.2 Å². The van der Waals surface area contributed by atoms with E-state index >= 15 is 0 Å². The Kier molecular flexibility index (Phi) is 4.47. The molecule has 0 aromatic heterocycles. The number of aliphatic hydroxyl groups excluding tert-OH is 1. The molecule has 1 fully saturated rings. The Bertz CT molecular complexity index is 424. The molecule has 19 heavy (non-hydrogen) atoms. The Hall–Kier alpha value is -1.50. The molecular formula is C13H15FO5. The maximum Gasteiger partial charge on any atom is 0.338 e. The van der Waals surface area contributed by atoms with Gasteiger partial charge in [0.15, 0.2) is 12.5 Å². The lowest BCUT2D eigenvalue weighted by Gasteiger charge is -2.13. The van der Waals surface area contributed by atoms with Crippen molar-refractivity contribution in [2.45, 2.75) is 24.7 Å². The summed E-state index contributed by atoms with van der Waals surface area (Å²) in [6.45, 7) is -0.272. The van der Waals surface area contributed by atoms with E-state index in [2.05, 4.69) is 0 Å². The van der Waals surface area contributed by atoms with Crippen molar-refractivity contribution >= 4 is 5.97 Å². The minimum absolute atomic E-state index is 0.272. The van der Waals surface area contributed by atoms with E-state index in [1.165, 1.54) is 7.11 Å². The molecule has 0 spiro atoms. The number of esters is 1. The van der Waals surface area contributed by atoms with Crippen LogP contribution in [-0.4, -0.2) is 49.5 Å². The zero-order chi connectivity index (χ0) is 13.8. The molecule has 0 bridgehead atoms. The largest absolute Gasteiger partial charge is 0.459 e. The van der Waals surface area contributed by atoms with Crippen LogP contribution in [0.25, 0.3) is 0 Å². The van der Waals surface area contributed by atoms with E-state index in [9.17, 15) is 14.3 Å². The summed E-state index contributed by atoms with van der Waals surface area (Å²) < 4.78 is 28.4. The van der Waals surface area contributed by atoms with E-state index in [1.54, 1.807) is 30.3 Å². The van der Waals surface area contributed by atoms with Crippen LogP contribution >= 0.6 is 0 Å². The van der Waals surface area contributed by atoms with Crippen molar-refractivity contribution in [1.82, 2.24) is 0 Å². The molecule has 5 nitrogen and oxygen atoms in total. The van der Waals surface area contributed by atoms with E-state index in [-0.39, 0.29) is 6.61 Å². The number of benzene rings is 1. The van der Waals surface area contributed by atoms with Gasteiger partial charge >= 0.3 is 5.97 Å². The van der Waals surface area contributed by atoms with Crippen molar-refractivity contribution in [2.75, 3.05) is 13.7 Å². The topological polar surface area (TPSA) is 65.0 Å². The predicted molar refractivity (Wildman–Crippen MR) is 63.3 cm³/mol. The first-order valence-corrected chi connectivity index (χ1v) is 5.86. The summed E-state index contributed by atoms with van der Waals surface area (Å²) in [5.41, 5.74) is 0.375. The Morgan fingerprint density at radius 3 is 2.68 bits per heavy atom. The lowest BCUT2D eigenvalue weighted by atomic mass is 10.2. The van der Waals surface area contributed by atoms with Gasteiger partial charge in [0, 0.05) is 7.11 Å². The molecule has 4 atom stereocenters. The molecule has 104 valence electrons. The van der Waals surface area contributed by atoms with Gasteiger partial charge < -0.3 is 19.3 Å². The number of carbonyl (C=O) groups excluding carboxylic acids is 1. The molecular weight excluding hydrogens is 255 g/mol. The molecule has 1 aromatic carbocycles. The highest BCUT2D eigenvalue weighted by atomic mass is 19.1. The summed E-state index contributed by atoms with van der Waals surface area (Å²) in [5.74, 6) is -0.563. The fourth-order valence-electron chi connectivity index (χ4n) is 1.84. The van der Waals surface area contributed by atoms with E-state index in [0.29, 0.717) is 5.56 Å². The maximum atomic E-state index is 13.6. The van der Waals surface area contributed by atoms with Gasteiger partial charge in [0.2, 0.25) is 0 Å². The molecule has 0 aliphatic carbocycles. The number of rotatable bonds is 4. The van der Waals surface area contributed by atoms with E-state index in [1.807, 2.05) is 0 Å². The Balaban J connectivity index is 1.88. The van der Waals surface area contributed by atoms with Crippen LogP contribution in [0.2, 0.25) is 0 Å². The van der Waals surface area contributed by atoms with Crippen LogP contribution < -0.4 is 0 Å². The van der Waals surface area contributed by atoms with Crippen molar-refractivity contribution in [3.8, 4) is 0 Å². The second kappa shape index (κ2) is 6.10. The normalized spacial score (nSPS) is 30.3. The third kappa shape index (κ3) is 3.09. The van der Waals surface area contributed by atoms with Gasteiger partial charge in [0.05, 0.1) is 5.56 Å². The number of carbonyl (C=O) groups is 1. The fraction of sp³-hybridized carbons (Fsp3) is 0.462. The average molecular weight is 270 g/mol. The number of aliphatic hydroxyl groups is 1. The fourth-order valence-corrected chi connectivity index (χ4v) is 1.84. The quantitative estimate of drug-likeness (QED) is 0.824. The van der Waals surface area contributed by atoms with Crippen molar-refractivity contribution in [2.24, 2.45) is 0 Å². The van der Waals surface area contributed by atoms with Crippen LogP contribution in [0.3, 0.4) is 0 Å². The highest BCUT2D eigenvalue weighted by molar-refractivity contribution is 5.89. The molecule has 1 N–H and O–H groups in total. The molecule has 1 aromatic rings. The van der Waals surface area contributed by atoms with Crippen molar-refractivity contribution in [1.29, 1.82) is 0 Å². The lowest BCUT2D eigenvalue weighted by Crippen LogP contribution is -2.31. The molecule has 1 saturated heterocycles. The van der Waals surface area contributed by atoms with Gasteiger partial charge in [-0.15, -0.1) is 0 Å². The Morgan fingerprint density at radius 2 is 2.11 bits per heavy atom. The van der Waals surface area contributed by atoms with Crippen molar-refractivity contribution in [3.05, 3.63) is 35.9 Å². The third-order valence-corrected chi connectivity index (χ3v) is 2.89. The molecule has 6 heteroatoms. The Labute approximate surface area is 109 Å². The minimum Gasteiger partial charge on any atom is -0.459 e. The zero-order valence-electron chi connectivity index (χ0n) is 10.4. The first-order valence-electron chi connectivity index (χ1n) is 5.86. The summed E-state index contributed by atoms with van der Waals surface area (Å²) in [7, 11) is 1.30. The number of methoxy groups -OCH3 is 1. The van der Waals surface area contributed by atoms with Gasteiger partial charge in [0.1, 0.15) is 18.8 Å². The third-order valence-electron chi connectivity index (χ3n) is 2.89. The predicted octanol–water partition coefficient (Wildman–Crippen LogP) is 0.914. The Morgan fingerprint density at radius 1 is 1.42 bits per heavy atom. The van der Waals surface area contributed by atoms with Crippen LogP contribution in [0.15, 0.2) is 30.3 Å². The minimum atomic E-state index is -1.64. The number of hydrogen-bond acceptors (Lipinski definition) is 5. The maximum absolute atomic E-state index is 13.6. The highest BCUT2D eigenvalue weighted by Gasteiger charge is 2.45. The monoisotopic (exact) mass is 270 g/mol. The number of hydrogen-bond donors (Lipinski definition) is 1. The average Bonchev–Trinajstić information content (AvgIpc) is 2.73. The van der Waals surface area contributed by atoms with Gasteiger partial charge in [-0.25, -0.2) is 9.18 Å². The van der Waals surface area contributed by atoms with E-state index in [4.69, 9.17) is 14.2 Å². The highest BCUT2D eigenvalue weighted by Crippen LogP contribution is 2.24. The van der Waals surface area contributed by atoms with E-state index < -0.39 is 30.6 Å². The molecule has 1 aliphatic heterocycles. The summed E-state index contributed by atoms with van der Waals surface area (Å²) >= 11 is 0. The lowest BCUT2D eigenvalue weighted by molar-refractivity contribution is -0.153. The molecule has 0 radical (unpaired) electrons. The molecule has 2 rings (SSSR count). The first kappa shape index (κ1) is 13.9. The SMILES string of the molecule is CO[C@H]1OC(COC(=O)c2ccccc2)[C@H](F)[C@H]1O.